The highest BCUT2D eigenvalue weighted by molar-refractivity contribution is 6.01. The Labute approximate surface area is 219 Å². The molecule has 0 heterocycles. The van der Waals surface area contributed by atoms with Gasteiger partial charge in [0.1, 0.15) is 0 Å². The minimum absolute atomic E-state index is 0.104. The number of methoxy groups -OCH3 is 2. The van der Waals surface area contributed by atoms with Crippen molar-refractivity contribution in [2.75, 3.05) is 14.2 Å². The number of carbonyl (C=O) groups excluding carboxylic acids is 2. The molecule has 0 radical (unpaired) electrons. The number of carbonyl (C=O) groups is 2. The summed E-state index contributed by atoms with van der Waals surface area (Å²) < 4.78 is 23.1. The highest BCUT2D eigenvalue weighted by atomic mass is 16.6. The summed E-state index contributed by atoms with van der Waals surface area (Å²) in [5.74, 6) is 0.416. The van der Waals surface area contributed by atoms with Gasteiger partial charge in [-0.3, -0.25) is 9.59 Å². The molecule has 0 unspecified atom stereocenters. The smallest absolute Gasteiger partial charge is 0.315 e. The minimum Gasteiger partial charge on any atom is -0.490 e. The predicted molar refractivity (Wildman–Crippen MR) is 146 cm³/mol. The summed E-state index contributed by atoms with van der Waals surface area (Å²) in [4.78, 5) is 25.8. The van der Waals surface area contributed by atoms with Gasteiger partial charge in [-0.15, -0.1) is 0 Å². The van der Waals surface area contributed by atoms with E-state index in [0.29, 0.717) is 17.2 Å². The SMILES string of the molecule is CCCCCCCC(=O)Oc1c(OC)c(OC)c(OC(=O)Cc2ccccc2)c2cc(C(C)C)ccc12. The number of esters is 2. The van der Waals surface area contributed by atoms with Crippen molar-refractivity contribution in [2.24, 2.45) is 0 Å². The van der Waals surface area contributed by atoms with Crippen molar-refractivity contribution in [3.8, 4) is 23.0 Å². The number of ether oxygens (including phenoxy) is 4. The molecule has 0 aromatic heterocycles. The maximum atomic E-state index is 13.0. The summed E-state index contributed by atoms with van der Waals surface area (Å²) in [7, 11) is 2.95. The Morgan fingerprint density at radius 1 is 0.730 bits per heavy atom. The second-order valence-electron chi connectivity index (χ2n) is 9.46. The van der Waals surface area contributed by atoms with Crippen molar-refractivity contribution in [3.05, 3.63) is 59.7 Å². The fourth-order valence-electron chi connectivity index (χ4n) is 4.28. The summed E-state index contributed by atoms with van der Waals surface area (Å²) in [6.07, 6.45) is 5.58. The van der Waals surface area contributed by atoms with Gasteiger partial charge in [0.2, 0.25) is 11.5 Å². The zero-order valence-corrected chi connectivity index (χ0v) is 22.6. The van der Waals surface area contributed by atoms with E-state index in [1.54, 1.807) is 0 Å². The molecule has 0 aliphatic rings. The maximum Gasteiger partial charge on any atom is 0.315 e. The van der Waals surface area contributed by atoms with E-state index in [1.165, 1.54) is 14.2 Å². The second kappa shape index (κ2) is 13.7. The van der Waals surface area contributed by atoms with Crippen LogP contribution >= 0.6 is 0 Å². The van der Waals surface area contributed by atoms with Crippen LogP contribution in [0.5, 0.6) is 23.0 Å². The summed E-state index contributed by atoms with van der Waals surface area (Å²) >= 11 is 0. The van der Waals surface area contributed by atoms with Gasteiger partial charge in [0.25, 0.3) is 0 Å². The van der Waals surface area contributed by atoms with Crippen LogP contribution in [0.25, 0.3) is 10.8 Å². The second-order valence-corrected chi connectivity index (χ2v) is 9.46. The number of fused-ring (bicyclic) bond motifs is 1. The van der Waals surface area contributed by atoms with E-state index in [4.69, 9.17) is 18.9 Å². The molecule has 3 aromatic carbocycles. The Morgan fingerprint density at radius 3 is 1.97 bits per heavy atom. The van der Waals surface area contributed by atoms with Crippen LogP contribution in [0.2, 0.25) is 0 Å². The van der Waals surface area contributed by atoms with Gasteiger partial charge in [0.05, 0.1) is 20.6 Å². The summed E-state index contributed by atoms with van der Waals surface area (Å²) in [6, 6.07) is 15.2. The van der Waals surface area contributed by atoms with Crippen molar-refractivity contribution in [2.45, 2.75) is 71.6 Å². The number of benzene rings is 3. The quantitative estimate of drug-likeness (QED) is 0.137. The van der Waals surface area contributed by atoms with Gasteiger partial charge >= 0.3 is 11.9 Å². The van der Waals surface area contributed by atoms with Crippen molar-refractivity contribution < 1.29 is 28.5 Å². The Balaban J connectivity index is 2.02. The molecular formula is C31H38O6. The first kappa shape index (κ1) is 28.0. The molecule has 198 valence electrons. The van der Waals surface area contributed by atoms with Crippen LogP contribution in [0, 0.1) is 0 Å². The Bertz CT molecular complexity index is 1200. The van der Waals surface area contributed by atoms with Crippen LogP contribution in [-0.2, 0) is 16.0 Å². The Hall–Kier alpha value is -3.54. The lowest BCUT2D eigenvalue weighted by Crippen LogP contribution is -2.14. The molecule has 3 rings (SSSR count). The molecule has 37 heavy (non-hydrogen) atoms. The first-order chi connectivity index (χ1) is 17.9. The zero-order valence-electron chi connectivity index (χ0n) is 22.6. The number of hydrogen-bond acceptors (Lipinski definition) is 6. The molecule has 0 aliphatic heterocycles. The van der Waals surface area contributed by atoms with Crippen LogP contribution in [0.4, 0.5) is 0 Å². The lowest BCUT2D eigenvalue weighted by Gasteiger charge is -2.20. The molecule has 0 saturated carbocycles. The third kappa shape index (κ3) is 7.25. The lowest BCUT2D eigenvalue weighted by molar-refractivity contribution is -0.135. The largest absolute Gasteiger partial charge is 0.490 e. The molecule has 0 atom stereocenters. The van der Waals surface area contributed by atoms with Gasteiger partial charge in [0.15, 0.2) is 11.5 Å². The van der Waals surface area contributed by atoms with Gasteiger partial charge in [-0.1, -0.05) is 88.9 Å². The molecule has 0 amide bonds. The maximum absolute atomic E-state index is 13.0. The topological polar surface area (TPSA) is 71.1 Å². The molecule has 6 heteroatoms. The van der Waals surface area contributed by atoms with Gasteiger partial charge in [-0.2, -0.15) is 0 Å². The number of unbranched alkanes of at least 4 members (excludes halogenated alkanes) is 4. The van der Waals surface area contributed by atoms with Crippen LogP contribution in [0.3, 0.4) is 0 Å². The average Bonchev–Trinajstić information content (AvgIpc) is 2.89. The van der Waals surface area contributed by atoms with Crippen molar-refractivity contribution in [3.63, 3.8) is 0 Å². The molecule has 6 nitrogen and oxygen atoms in total. The summed E-state index contributed by atoms with van der Waals surface area (Å²) in [6.45, 7) is 6.33. The van der Waals surface area contributed by atoms with Gasteiger partial charge < -0.3 is 18.9 Å². The molecule has 0 bridgehead atoms. The van der Waals surface area contributed by atoms with Gasteiger partial charge in [-0.05, 0) is 29.5 Å². The fraction of sp³-hybridized carbons (Fsp3) is 0.419. The molecule has 0 fully saturated rings. The standard InChI is InChI=1S/C31H38O6/c1-6-7-8-9-13-16-26(32)36-28-24-18-17-23(21(2)3)20-25(24)29(31(35-5)30(28)34-4)37-27(33)19-22-14-11-10-12-15-22/h10-12,14-15,17-18,20-21H,6-9,13,16,19H2,1-5H3. The normalized spacial score (nSPS) is 11.0. The van der Waals surface area contributed by atoms with Crippen LogP contribution in [-0.4, -0.2) is 26.2 Å². The summed E-state index contributed by atoms with van der Waals surface area (Å²) in [5, 5.41) is 1.24. The predicted octanol–water partition coefficient (Wildman–Crippen LogP) is 7.39. The first-order valence-corrected chi connectivity index (χ1v) is 13.1. The summed E-state index contributed by atoms with van der Waals surface area (Å²) in [5.41, 5.74) is 1.89. The molecule has 0 aliphatic carbocycles. The third-order valence-corrected chi connectivity index (χ3v) is 6.33. The Kier molecular flexibility index (Phi) is 10.4. The van der Waals surface area contributed by atoms with Crippen molar-refractivity contribution in [1.82, 2.24) is 0 Å². The van der Waals surface area contributed by atoms with Crippen LogP contribution in [0.15, 0.2) is 48.5 Å². The third-order valence-electron chi connectivity index (χ3n) is 6.33. The molecule has 3 aromatic rings. The van der Waals surface area contributed by atoms with E-state index < -0.39 is 5.97 Å². The van der Waals surface area contributed by atoms with Crippen molar-refractivity contribution in [1.29, 1.82) is 0 Å². The zero-order chi connectivity index (χ0) is 26.8. The van der Waals surface area contributed by atoms with E-state index in [2.05, 4.69) is 20.8 Å². The van der Waals surface area contributed by atoms with E-state index in [-0.39, 0.29) is 41.3 Å². The number of rotatable bonds is 13. The highest BCUT2D eigenvalue weighted by Gasteiger charge is 2.27. The van der Waals surface area contributed by atoms with E-state index >= 15 is 0 Å². The first-order valence-electron chi connectivity index (χ1n) is 13.1. The monoisotopic (exact) mass is 506 g/mol. The molecular weight excluding hydrogens is 468 g/mol. The average molecular weight is 507 g/mol. The van der Waals surface area contributed by atoms with E-state index in [0.717, 1.165) is 43.2 Å². The van der Waals surface area contributed by atoms with E-state index in [9.17, 15) is 9.59 Å². The Morgan fingerprint density at radius 2 is 1.35 bits per heavy atom. The number of hydrogen-bond donors (Lipinski definition) is 0. The van der Waals surface area contributed by atoms with Gasteiger partial charge in [-0.25, -0.2) is 0 Å². The van der Waals surface area contributed by atoms with Gasteiger partial charge in [0, 0.05) is 17.2 Å². The molecule has 0 N–H and O–H groups in total. The van der Waals surface area contributed by atoms with E-state index in [1.807, 2.05) is 48.5 Å². The molecule has 0 saturated heterocycles. The van der Waals surface area contributed by atoms with Crippen LogP contribution < -0.4 is 18.9 Å². The molecule has 0 spiro atoms. The highest BCUT2D eigenvalue weighted by Crippen LogP contribution is 2.51. The fourth-order valence-corrected chi connectivity index (χ4v) is 4.28. The van der Waals surface area contributed by atoms with Crippen LogP contribution in [0.1, 0.15) is 76.3 Å². The van der Waals surface area contributed by atoms with Crippen molar-refractivity contribution >= 4 is 22.7 Å². The minimum atomic E-state index is -0.431. The lowest BCUT2D eigenvalue weighted by atomic mass is 9.97.